The van der Waals surface area contributed by atoms with E-state index >= 15 is 0 Å². The van der Waals surface area contributed by atoms with E-state index in [0.29, 0.717) is 24.3 Å². The molecule has 5 rings (SSSR count). The van der Waals surface area contributed by atoms with Crippen molar-refractivity contribution in [1.82, 2.24) is 0 Å². The number of hydrogen-bond acceptors (Lipinski definition) is 4. The normalized spacial score (nSPS) is 17.1. The average Bonchev–Trinajstić information content (AvgIpc) is 3.48. The zero-order chi connectivity index (χ0) is 23.7. The Morgan fingerprint density at radius 3 is 2.44 bits per heavy atom. The second-order valence-electron chi connectivity index (χ2n) is 8.51. The highest BCUT2D eigenvalue weighted by Gasteiger charge is 2.35. The quantitative estimate of drug-likeness (QED) is 0.552. The van der Waals surface area contributed by atoms with Crippen LogP contribution in [0.3, 0.4) is 0 Å². The Morgan fingerprint density at radius 1 is 0.971 bits per heavy atom. The van der Waals surface area contributed by atoms with Crippen LogP contribution in [0.15, 0.2) is 77.7 Å². The van der Waals surface area contributed by atoms with Crippen LogP contribution < -0.4 is 15.1 Å². The lowest BCUT2D eigenvalue weighted by atomic mass is 10.1. The molecule has 0 spiro atoms. The zero-order valence-corrected chi connectivity index (χ0v) is 19.7. The average molecular weight is 472 g/mol. The van der Waals surface area contributed by atoms with Crippen molar-refractivity contribution >= 4 is 46.5 Å². The predicted molar refractivity (Wildman–Crippen MR) is 136 cm³/mol. The third kappa shape index (κ3) is 4.31. The second-order valence-corrected chi connectivity index (χ2v) is 9.39. The molecular weight excluding hydrogens is 446 g/mol. The molecule has 3 amide bonds. The summed E-state index contributed by atoms with van der Waals surface area (Å²) in [6.07, 6.45) is 3.04. The highest BCUT2D eigenvalue weighted by molar-refractivity contribution is 7.98. The maximum atomic E-state index is 13.0. The van der Waals surface area contributed by atoms with E-state index < -0.39 is 5.92 Å². The van der Waals surface area contributed by atoms with Crippen LogP contribution in [-0.4, -0.2) is 37.1 Å². The van der Waals surface area contributed by atoms with Gasteiger partial charge >= 0.3 is 0 Å². The first kappa shape index (κ1) is 22.2. The van der Waals surface area contributed by atoms with Gasteiger partial charge in [-0.25, -0.2) is 0 Å². The van der Waals surface area contributed by atoms with Gasteiger partial charge in [-0.2, -0.15) is 0 Å². The first-order chi connectivity index (χ1) is 16.5. The van der Waals surface area contributed by atoms with E-state index in [9.17, 15) is 14.4 Å². The summed E-state index contributed by atoms with van der Waals surface area (Å²) < 4.78 is 0. The lowest BCUT2D eigenvalue weighted by molar-refractivity contribution is -0.122. The highest BCUT2D eigenvalue weighted by atomic mass is 32.2. The molecule has 1 atom stereocenters. The molecule has 0 saturated carbocycles. The molecule has 0 radical (unpaired) electrons. The smallest absolute Gasteiger partial charge is 0.258 e. The number of rotatable bonds is 5. The molecule has 1 saturated heterocycles. The molecule has 0 aliphatic carbocycles. The molecule has 0 bridgehead atoms. The van der Waals surface area contributed by atoms with Gasteiger partial charge < -0.3 is 15.1 Å². The highest BCUT2D eigenvalue weighted by Crippen LogP contribution is 2.30. The molecular formula is C27H25N3O3S. The molecule has 3 aromatic carbocycles. The fraction of sp³-hybridized carbons (Fsp3) is 0.222. The molecule has 1 unspecified atom stereocenters. The summed E-state index contributed by atoms with van der Waals surface area (Å²) in [6, 6.07) is 22.7. The van der Waals surface area contributed by atoms with Crippen LogP contribution in [0.5, 0.6) is 0 Å². The van der Waals surface area contributed by atoms with Gasteiger partial charge in [0.05, 0.1) is 5.92 Å². The first-order valence-electron chi connectivity index (χ1n) is 11.3. The van der Waals surface area contributed by atoms with Crippen LogP contribution in [0.4, 0.5) is 17.1 Å². The molecule has 172 valence electrons. The largest absolute Gasteiger partial charge is 0.326 e. The molecule has 2 heterocycles. The minimum Gasteiger partial charge on any atom is -0.326 e. The number of fused-ring (bicyclic) bond motifs is 1. The standard InChI is InChI=1S/C27H25N3O3S/c1-34-23-12-10-22(11-13-23)30-17-20(16-25(30)31)26(32)28-21-8-6-19(7-9-21)27(33)29-15-14-18-4-2-3-5-24(18)29/h2-13,20H,14-17H2,1H3,(H,28,32). The minimum absolute atomic E-state index is 0.0488. The van der Waals surface area contributed by atoms with Crippen molar-refractivity contribution in [3.05, 3.63) is 83.9 Å². The maximum absolute atomic E-state index is 13.0. The molecule has 7 heteroatoms. The van der Waals surface area contributed by atoms with E-state index in [1.807, 2.05) is 48.7 Å². The topological polar surface area (TPSA) is 69.7 Å². The van der Waals surface area contributed by atoms with E-state index in [1.165, 1.54) is 5.56 Å². The van der Waals surface area contributed by atoms with Gasteiger partial charge in [0.15, 0.2) is 0 Å². The molecule has 3 aromatic rings. The monoisotopic (exact) mass is 471 g/mol. The number of nitrogens with zero attached hydrogens (tertiary/aromatic N) is 2. The summed E-state index contributed by atoms with van der Waals surface area (Å²) in [4.78, 5) is 43.0. The number of nitrogens with one attached hydrogen (secondary N) is 1. The third-order valence-corrected chi connectivity index (χ3v) is 7.16. The molecule has 6 nitrogen and oxygen atoms in total. The Morgan fingerprint density at radius 2 is 1.71 bits per heavy atom. The van der Waals surface area contributed by atoms with Crippen molar-refractivity contribution < 1.29 is 14.4 Å². The van der Waals surface area contributed by atoms with Gasteiger partial charge in [-0.1, -0.05) is 18.2 Å². The van der Waals surface area contributed by atoms with Crippen LogP contribution in [0.2, 0.25) is 0 Å². The summed E-state index contributed by atoms with van der Waals surface area (Å²) in [5.41, 5.74) is 4.14. The van der Waals surface area contributed by atoms with Crippen molar-refractivity contribution in [3.63, 3.8) is 0 Å². The van der Waals surface area contributed by atoms with E-state index in [4.69, 9.17) is 0 Å². The summed E-state index contributed by atoms with van der Waals surface area (Å²) >= 11 is 1.64. The van der Waals surface area contributed by atoms with Crippen molar-refractivity contribution in [1.29, 1.82) is 0 Å². The number of carbonyl (C=O) groups excluding carboxylic acids is 3. The second kappa shape index (κ2) is 9.35. The minimum atomic E-state index is -0.421. The zero-order valence-electron chi connectivity index (χ0n) is 18.9. The fourth-order valence-corrected chi connectivity index (χ4v) is 4.95. The summed E-state index contributed by atoms with van der Waals surface area (Å²) in [7, 11) is 0. The molecule has 34 heavy (non-hydrogen) atoms. The van der Waals surface area contributed by atoms with E-state index in [0.717, 1.165) is 22.7 Å². The van der Waals surface area contributed by atoms with Crippen LogP contribution >= 0.6 is 11.8 Å². The first-order valence-corrected chi connectivity index (χ1v) is 12.5. The van der Waals surface area contributed by atoms with E-state index in [1.54, 1.807) is 45.8 Å². The van der Waals surface area contributed by atoms with Crippen LogP contribution in [0.1, 0.15) is 22.3 Å². The molecule has 1 fully saturated rings. The SMILES string of the molecule is CSc1ccc(N2CC(C(=O)Nc3ccc(C(=O)N4CCc5ccccc54)cc3)CC2=O)cc1. The molecule has 0 aromatic heterocycles. The Hall–Kier alpha value is -3.58. The molecule has 2 aliphatic heterocycles. The van der Waals surface area contributed by atoms with Gasteiger partial charge in [-0.3, -0.25) is 14.4 Å². The Labute approximate surface area is 202 Å². The van der Waals surface area contributed by atoms with Gasteiger partial charge in [0, 0.05) is 47.0 Å². The Kier molecular flexibility index (Phi) is 6.11. The molecule has 1 N–H and O–H groups in total. The van der Waals surface area contributed by atoms with Crippen LogP contribution in [0.25, 0.3) is 0 Å². The fourth-order valence-electron chi connectivity index (χ4n) is 4.54. The van der Waals surface area contributed by atoms with Crippen LogP contribution in [-0.2, 0) is 16.0 Å². The number of benzene rings is 3. The number of thioether (sulfide) groups is 1. The third-order valence-electron chi connectivity index (χ3n) is 6.41. The maximum Gasteiger partial charge on any atom is 0.258 e. The van der Waals surface area contributed by atoms with E-state index in [2.05, 4.69) is 11.4 Å². The number of amides is 3. The van der Waals surface area contributed by atoms with Crippen LogP contribution in [0, 0.1) is 5.92 Å². The number of anilines is 3. The number of hydrogen-bond donors (Lipinski definition) is 1. The van der Waals surface area contributed by atoms with Crippen molar-refractivity contribution in [3.8, 4) is 0 Å². The number of carbonyl (C=O) groups is 3. The van der Waals surface area contributed by atoms with Gasteiger partial charge in [-0.15, -0.1) is 11.8 Å². The Bertz CT molecular complexity index is 1240. The molecule has 2 aliphatic rings. The summed E-state index contributed by atoms with van der Waals surface area (Å²) in [5.74, 6) is -0.712. The van der Waals surface area contributed by atoms with Gasteiger partial charge in [0.1, 0.15) is 0 Å². The van der Waals surface area contributed by atoms with Gasteiger partial charge in [-0.05, 0) is 72.8 Å². The van der Waals surface area contributed by atoms with Gasteiger partial charge in [0.2, 0.25) is 11.8 Å². The van der Waals surface area contributed by atoms with Crippen molar-refractivity contribution in [2.75, 3.05) is 34.5 Å². The van der Waals surface area contributed by atoms with Crippen molar-refractivity contribution in [2.45, 2.75) is 17.7 Å². The summed E-state index contributed by atoms with van der Waals surface area (Å²) in [5, 5.41) is 2.90. The lowest BCUT2D eigenvalue weighted by Gasteiger charge is -2.18. The predicted octanol–water partition coefficient (Wildman–Crippen LogP) is 4.60. The summed E-state index contributed by atoms with van der Waals surface area (Å²) in [6.45, 7) is 1.02. The lowest BCUT2D eigenvalue weighted by Crippen LogP contribution is -2.29. The Balaban J connectivity index is 1.22. The van der Waals surface area contributed by atoms with Gasteiger partial charge in [0.25, 0.3) is 5.91 Å². The van der Waals surface area contributed by atoms with E-state index in [-0.39, 0.29) is 24.1 Å². The van der Waals surface area contributed by atoms with Crippen molar-refractivity contribution in [2.24, 2.45) is 5.92 Å². The number of para-hydroxylation sites is 1.